The smallest absolute Gasteiger partial charge is 0.0226 e. The minimum absolute atomic E-state index is 0. The molecule has 1 aliphatic rings. The standard InChI is InChI=1S/C10H15.C2H6OS.C2H3.CH3.Ir/c1-6-7(2)9(4)10(5)8(6)3;1-4(2)3;1-2;;/h1-5H3;1-2H3;1H,2H2;1H3;/q;;2*-1;. The Hall–Kier alpha value is 0.0194. The third-order valence-electron chi connectivity index (χ3n) is 2.81. The van der Waals surface area contributed by atoms with Crippen LogP contribution < -0.4 is 0 Å². The zero-order chi connectivity index (χ0) is 13.5. The molecular weight excluding hydrogens is 420 g/mol. The van der Waals surface area contributed by atoms with Crippen LogP contribution >= 0.6 is 0 Å². The van der Waals surface area contributed by atoms with Crippen molar-refractivity contribution < 1.29 is 24.3 Å². The zero-order valence-corrected chi connectivity index (χ0v) is 16.1. The second-order valence-corrected chi connectivity index (χ2v) is 5.35. The van der Waals surface area contributed by atoms with Gasteiger partial charge < -0.3 is 14.0 Å². The summed E-state index contributed by atoms with van der Waals surface area (Å²) < 4.78 is 9.56. The van der Waals surface area contributed by atoms with E-state index in [4.69, 9.17) is 0 Å². The summed E-state index contributed by atoms with van der Waals surface area (Å²) in [6, 6.07) is 0. The number of hydrogen-bond donors (Lipinski definition) is 0. The van der Waals surface area contributed by atoms with Crippen LogP contribution in [0, 0.1) is 19.9 Å². The van der Waals surface area contributed by atoms with Crippen LogP contribution in [0.25, 0.3) is 0 Å². The molecule has 0 fully saturated rings. The van der Waals surface area contributed by atoms with Gasteiger partial charge in [0.05, 0.1) is 0 Å². The van der Waals surface area contributed by atoms with Crippen molar-refractivity contribution in [2.75, 3.05) is 12.5 Å². The molecule has 110 valence electrons. The van der Waals surface area contributed by atoms with Crippen molar-refractivity contribution in [3.05, 3.63) is 48.8 Å². The fourth-order valence-electron chi connectivity index (χ4n) is 1.41. The maximum atomic E-state index is 9.56. The van der Waals surface area contributed by atoms with Crippen molar-refractivity contribution in [1.82, 2.24) is 0 Å². The van der Waals surface area contributed by atoms with Gasteiger partial charge in [-0.3, -0.25) is 10.8 Å². The molecule has 0 aromatic carbocycles. The third-order valence-corrected chi connectivity index (χ3v) is 2.81. The summed E-state index contributed by atoms with van der Waals surface area (Å²) in [4.78, 5) is 0. The average Bonchev–Trinajstić information content (AvgIpc) is 2.39. The number of allylic oxidation sites excluding steroid dienone is 4. The van der Waals surface area contributed by atoms with E-state index in [1.165, 1.54) is 28.2 Å². The quantitative estimate of drug-likeness (QED) is 0.506. The second kappa shape index (κ2) is 13.5. The fraction of sp³-hybridized carbons (Fsp3) is 0.467. The first kappa shape index (κ1) is 26.6. The van der Waals surface area contributed by atoms with Gasteiger partial charge >= 0.3 is 0 Å². The summed E-state index contributed by atoms with van der Waals surface area (Å²) in [6.07, 6.45) is 3.28. The molecular formula is C15H27IrOS-2. The van der Waals surface area contributed by atoms with Gasteiger partial charge in [0.25, 0.3) is 0 Å². The molecule has 0 bridgehead atoms. The molecule has 0 spiro atoms. The van der Waals surface area contributed by atoms with Crippen LogP contribution in [0.5, 0.6) is 0 Å². The molecule has 0 aromatic heterocycles. The number of hydrogen-bond acceptors (Lipinski definition) is 1. The SMILES string of the molecule is CS(C)=O.C[C]1C(C)=C(C)C(C)=C1C.[CH-]=C.[CH3-].[Ir]. The zero-order valence-electron chi connectivity index (χ0n) is 12.9. The predicted molar refractivity (Wildman–Crippen MR) is 82.0 cm³/mol. The molecule has 0 saturated carbocycles. The minimum atomic E-state index is -0.611. The Balaban J connectivity index is -0.000000107. The Labute approximate surface area is 131 Å². The Kier molecular flexibility index (Phi) is 19.8. The molecule has 1 aliphatic carbocycles. The molecule has 18 heavy (non-hydrogen) atoms. The van der Waals surface area contributed by atoms with E-state index in [2.05, 4.69) is 47.8 Å². The van der Waals surface area contributed by atoms with E-state index in [-0.39, 0.29) is 27.5 Å². The van der Waals surface area contributed by atoms with E-state index in [1.807, 2.05) is 0 Å². The summed E-state index contributed by atoms with van der Waals surface area (Å²) in [5, 5.41) is 0. The van der Waals surface area contributed by atoms with E-state index < -0.39 is 10.8 Å². The Morgan fingerprint density at radius 3 is 1.06 bits per heavy atom. The summed E-state index contributed by atoms with van der Waals surface area (Å²) in [5.74, 6) is 1.47. The molecule has 0 saturated heterocycles. The largest absolute Gasteiger partial charge is 0.521 e. The van der Waals surface area contributed by atoms with Gasteiger partial charge in [0.1, 0.15) is 0 Å². The number of rotatable bonds is 0. The van der Waals surface area contributed by atoms with Crippen LogP contribution in [-0.2, 0) is 30.9 Å². The van der Waals surface area contributed by atoms with Gasteiger partial charge in [0.2, 0.25) is 0 Å². The molecule has 0 amide bonds. The van der Waals surface area contributed by atoms with Crippen LogP contribution in [0.3, 0.4) is 0 Å². The Morgan fingerprint density at radius 1 is 0.833 bits per heavy atom. The van der Waals surface area contributed by atoms with E-state index in [0.29, 0.717) is 0 Å². The van der Waals surface area contributed by atoms with Gasteiger partial charge in [-0.05, 0) is 38.8 Å². The predicted octanol–water partition coefficient (Wildman–Crippen LogP) is 4.32. The summed E-state index contributed by atoms with van der Waals surface area (Å²) in [5.41, 5.74) is 5.87. The van der Waals surface area contributed by atoms with E-state index in [9.17, 15) is 4.21 Å². The Bertz CT molecular complexity index is 288. The molecule has 1 rings (SSSR count). The fourth-order valence-corrected chi connectivity index (χ4v) is 1.41. The average molecular weight is 448 g/mol. The first-order chi connectivity index (χ1) is 7.29. The molecule has 2 radical (unpaired) electrons. The third kappa shape index (κ3) is 9.02. The van der Waals surface area contributed by atoms with Crippen LogP contribution in [-0.4, -0.2) is 16.7 Å². The van der Waals surface area contributed by atoms with Crippen molar-refractivity contribution in [3.8, 4) is 0 Å². The van der Waals surface area contributed by atoms with E-state index in [0.717, 1.165) is 0 Å². The van der Waals surface area contributed by atoms with Gasteiger partial charge in [-0.1, -0.05) is 18.1 Å². The molecule has 0 unspecified atom stereocenters. The molecule has 0 aromatic rings. The summed E-state index contributed by atoms with van der Waals surface area (Å²) in [6.45, 7) is 18.0. The molecule has 0 heterocycles. The van der Waals surface area contributed by atoms with Crippen molar-refractivity contribution in [3.63, 3.8) is 0 Å². The van der Waals surface area contributed by atoms with Gasteiger partial charge in [-0.25, -0.2) is 0 Å². The van der Waals surface area contributed by atoms with Crippen LogP contribution in [0.4, 0.5) is 0 Å². The van der Waals surface area contributed by atoms with E-state index >= 15 is 0 Å². The normalized spacial score (nSPS) is 14.0. The second-order valence-electron chi connectivity index (χ2n) is 3.87. The maximum Gasteiger partial charge on any atom is 0.0226 e. The first-order valence-corrected chi connectivity index (χ1v) is 7.11. The summed E-state index contributed by atoms with van der Waals surface area (Å²) >= 11 is 0. The molecule has 0 aliphatic heterocycles. The van der Waals surface area contributed by atoms with Crippen LogP contribution in [0.2, 0.25) is 0 Å². The monoisotopic (exact) mass is 448 g/mol. The Morgan fingerprint density at radius 2 is 1.00 bits per heavy atom. The molecule has 3 heteroatoms. The van der Waals surface area contributed by atoms with E-state index in [1.54, 1.807) is 12.5 Å². The van der Waals surface area contributed by atoms with Crippen molar-refractivity contribution in [1.29, 1.82) is 0 Å². The first-order valence-electron chi connectivity index (χ1n) is 5.14. The van der Waals surface area contributed by atoms with Gasteiger partial charge in [-0.15, -0.1) is 0 Å². The van der Waals surface area contributed by atoms with Gasteiger partial charge in [-0.2, -0.15) is 0 Å². The minimum Gasteiger partial charge on any atom is -0.521 e. The topological polar surface area (TPSA) is 17.1 Å². The molecule has 1 nitrogen and oxygen atoms in total. The van der Waals surface area contributed by atoms with Crippen LogP contribution in [0.15, 0.2) is 28.9 Å². The van der Waals surface area contributed by atoms with Crippen molar-refractivity contribution >= 4 is 10.8 Å². The summed E-state index contributed by atoms with van der Waals surface area (Å²) in [7, 11) is -0.611. The van der Waals surface area contributed by atoms with Crippen molar-refractivity contribution in [2.24, 2.45) is 0 Å². The van der Waals surface area contributed by atoms with Crippen LogP contribution in [0.1, 0.15) is 34.6 Å². The van der Waals surface area contributed by atoms with Crippen molar-refractivity contribution in [2.45, 2.75) is 34.6 Å². The molecule has 0 N–H and O–H groups in total. The maximum absolute atomic E-state index is 9.56. The molecule has 0 atom stereocenters. The van der Waals surface area contributed by atoms with Gasteiger partial charge in [0, 0.05) is 49.3 Å². The van der Waals surface area contributed by atoms with Gasteiger partial charge in [0.15, 0.2) is 0 Å².